The van der Waals surface area contributed by atoms with E-state index in [2.05, 4.69) is 0 Å². The zero-order valence-electron chi connectivity index (χ0n) is 4.38. The molecule has 0 aliphatic rings. The van der Waals surface area contributed by atoms with Gasteiger partial charge in [-0.1, -0.05) is 0 Å². The highest BCUT2D eigenvalue weighted by Gasteiger charge is 1.99. The molecule has 9 heavy (non-hydrogen) atoms. The van der Waals surface area contributed by atoms with Crippen molar-refractivity contribution in [3.63, 3.8) is 0 Å². The van der Waals surface area contributed by atoms with Crippen molar-refractivity contribution in [3.8, 4) is 0 Å². The van der Waals surface area contributed by atoms with Gasteiger partial charge in [0.2, 0.25) is 0 Å². The lowest BCUT2D eigenvalue weighted by Crippen LogP contribution is -1.85. The first kappa shape index (κ1) is 4.81. The van der Waals surface area contributed by atoms with Crippen LogP contribution in [0.15, 0.2) is 19.6 Å². The third-order valence-corrected chi connectivity index (χ3v) is 1.70. The molecule has 0 aliphatic carbocycles. The summed E-state index contributed by atoms with van der Waals surface area (Å²) in [5.41, 5.74) is 1.31. The normalized spacial score (nSPS) is 10.7. The molecule has 0 fully saturated rings. The van der Waals surface area contributed by atoms with E-state index in [1.807, 2.05) is 0 Å². The van der Waals surface area contributed by atoms with Crippen molar-refractivity contribution in [1.82, 2.24) is 0 Å². The average Bonchev–Trinajstić information content (AvgIpc) is 2.22. The van der Waals surface area contributed by atoms with Gasteiger partial charge in [-0.15, -0.1) is 11.3 Å². The summed E-state index contributed by atoms with van der Waals surface area (Å²) < 4.78 is 9.64. The maximum absolute atomic E-state index is 6.91. The molecule has 0 radical (unpaired) electrons. The molecule has 0 amide bonds. The quantitative estimate of drug-likeness (QED) is 0.605. The van der Waals surface area contributed by atoms with E-state index >= 15 is 0 Å². The highest BCUT2D eigenvalue weighted by Crippen LogP contribution is 2.15. The number of rotatable bonds is 0. The highest BCUT2D eigenvalue weighted by molar-refractivity contribution is 7.09. The van der Waals surface area contributed by atoms with Crippen LogP contribution in [0.3, 0.4) is 0 Å². The second-order valence-electron chi connectivity index (χ2n) is 1.59. The molecule has 0 spiro atoms. The molecule has 2 heterocycles. The molecule has 0 atom stereocenters. The van der Waals surface area contributed by atoms with E-state index in [1.165, 1.54) is 11.3 Å². The van der Waals surface area contributed by atoms with Gasteiger partial charge in [0.05, 0.1) is 0 Å². The van der Waals surface area contributed by atoms with E-state index in [1.54, 1.807) is 10.8 Å². The monoisotopic (exact) mass is 141 g/mol. The molecule has 4 heteroatoms. The van der Waals surface area contributed by atoms with Crippen molar-refractivity contribution in [2.45, 2.75) is 0 Å². The van der Waals surface area contributed by atoms with Crippen LogP contribution in [0, 0.1) is 5.41 Å². The number of fused-ring (bicyclic) bond motifs is 1. The SMILES string of the molecule is N=c1oc2cscc2o1. The molecule has 46 valence electrons. The highest BCUT2D eigenvalue weighted by atomic mass is 32.1. The number of hydrogen-bond acceptors (Lipinski definition) is 4. The first-order chi connectivity index (χ1) is 4.36. The van der Waals surface area contributed by atoms with Crippen LogP contribution in [-0.4, -0.2) is 0 Å². The van der Waals surface area contributed by atoms with E-state index in [0.29, 0.717) is 11.2 Å². The minimum atomic E-state index is -0.132. The molecule has 0 aromatic carbocycles. The van der Waals surface area contributed by atoms with Gasteiger partial charge in [0.25, 0.3) is 0 Å². The number of thiophene rings is 1. The number of hydrogen-bond donors (Lipinski definition) is 1. The summed E-state index contributed by atoms with van der Waals surface area (Å²) in [7, 11) is 0. The van der Waals surface area contributed by atoms with Gasteiger partial charge in [-0.2, -0.15) is 0 Å². The maximum atomic E-state index is 6.91. The summed E-state index contributed by atoms with van der Waals surface area (Å²) in [6.07, 6.45) is 0. The number of nitrogens with one attached hydrogen (secondary N) is 1. The minimum Gasteiger partial charge on any atom is -0.406 e. The van der Waals surface area contributed by atoms with Gasteiger partial charge < -0.3 is 8.83 Å². The van der Waals surface area contributed by atoms with Crippen molar-refractivity contribution < 1.29 is 8.83 Å². The molecule has 0 aliphatic heterocycles. The predicted octanol–water partition coefficient (Wildman–Crippen LogP) is 1.57. The van der Waals surface area contributed by atoms with Gasteiger partial charge in [0.1, 0.15) is 0 Å². The molecular formula is C5H3NO2S. The molecule has 2 rings (SSSR count). The van der Waals surface area contributed by atoms with E-state index in [0.717, 1.165) is 0 Å². The minimum absolute atomic E-state index is 0.132. The molecule has 1 N–H and O–H groups in total. The smallest absolute Gasteiger partial charge is 0.392 e. The third kappa shape index (κ3) is 0.598. The van der Waals surface area contributed by atoms with E-state index < -0.39 is 0 Å². The Morgan fingerprint density at radius 3 is 2.33 bits per heavy atom. The molecular weight excluding hydrogens is 138 g/mol. The molecule has 0 saturated heterocycles. The fourth-order valence-electron chi connectivity index (χ4n) is 0.643. The van der Waals surface area contributed by atoms with E-state index in [4.69, 9.17) is 14.2 Å². The van der Waals surface area contributed by atoms with Gasteiger partial charge in [-0.25, -0.2) is 5.41 Å². The Hall–Kier alpha value is -1.03. The summed E-state index contributed by atoms with van der Waals surface area (Å²) in [6.45, 7) is 0. The standard InChI is InChI=1S/C5H3NO2S/c6-5-7-3-1-9-2-4(3)8-5/h1-2,6H. The molecule has 3 nitrogen and oxygen atoms in total. The van der Waals surface area contributed by atoms with Crippen LogP contribution < -0.4 is 5.75 Å². The fourth-order valence-corrected chi connectivity index (χ4v) is 1.29. The van der Waals surface area contributed by atoms with E-state index in [9.17, 15) is 0 Å². The van der Waals surface area contributed by atoms with Crippen LogP contribution >= 0.6 is 11.3 Å². The summed E-state index contributed by atoms with van der Waals surface area (Å²) >= 11 is 1.50. The summed E-state index contributed by atoms with van der Waals surface area (Å²) in [4.78, 5) is 0. The van der Waals surface area contributed by atoms with Crippen LogP contribution in [-0.2, 0) is 0 Å². The van der Waals surface area contributed by atoms with Crippen molar-refractivity contribution >= 4 is 22.5 Å². The Morgan fingerprint density at radius 2 is 1.78 bits per heavy atom. The molecule has 0 unspecified atom stereocenters. The zero-order chi connectivity index (χ0) is 6.27. The average molecular weight is 141 g/mol. The van der Waals surface area contributed by atoms with Gasteiger partial charge >= 0.3 is 5.75 Å². The van der Waals surface area contributed by atoms with Crippen LogP contribution in [0.1, 0.15) is 0 Å². The first-order valence-electron chi connectivity index (χ1n) is 2.37. The Kier molecular flexibility index (Phi) is 0.790. The van der Waals surface area contributed by atoms with Crippen LogP contribution in [0.2, 0.25) is 0 Å². The fraction of sp³-hybridized carbons (Fsp3) is 0. The van der Waals surface area contributed by atoms with Gasteiger partial charge in [-0.3, -0.25) is 0 Å². The van der Waals surface area contributed by atoms with Gasteiger partial charge in [-0.05, 0) is 0 Å². The largest absolute Gasteiger partial charge is 0.406 e. The first-order valence-corrected chi connectivity index (χ1v) is 3.31. The zero-order valence-corrected chi connectivity index (χ0v) is 5.20. The van der Waals surface area contributed by atoms with Crippen molar-refractivity contribution in [1.29, 1.82) is 5.41 Å². The van der Waals surface area contributed by atoms with Crippen molar-refractivity contribution in [2.75, 3.05) is 0 Å². The van der Waals surface area contributed by atoms with Crippen LogP contribution in [0.25, 0.3) is 11.2 Å². The molecule has 2 aromatic heterocycles. The predicted molar refractivity (Wildman–Crippen MR) is 32.2 cm³/mol. The summed E-state index contributed by atoms with van der Waals surface area (Å²) in [6, 6.07) is 0. The van der Waals surface area contributed by atoms with Crippen molar-refractivity contribution in [2.24, 2.45) is 0 Å². The second kappa shape index (κ2) is 1.48. The maximum Gasteiger partial charge on any atom is 0.392 e. The van der Waals surface area contributed by atoms with Crippen LogP contribution in [0.4, 0.5) is 0 Å². The Labute approximate surface area is 54.0 Å². The lowest BCUT2D eigenvalue weighted by Gasteiger charge is -1.61. The van der Waals surface area contributed by atoms with E-state index in [-0.39, 0.29) is 5.75 Å². The van der Waals surface area contributed by atoms with Crippen LogP contribution in [0.5, 0.6) is 0 Å². The van der Waals surface area contributed by atoms with Gasteiger partial charge in [0, 0.05) is 10.8 Å². The molecule has 0 saturated carbocycles. The second-order valence-corrected chi connectivity index (χ2v) is 2.34. The van der Waals surface area contributed by atoms with Crippen molar-refractivity contribution in [3.05, 3.63) is 16.5 Å². The van der Waals surface area contributed by atoms with Gasteiger partial charge in [0.15, 0.2) is 11.2 Å². The molecule has 0 bridgehead atoms. The Bertz CT molecular complexity index is 338. The molecule has 2 aromatic rings. The lowest BCUT2D eigenvalue weighted by atomic mass is 10.6. The lowest BCUT2D eigenvalue weighted by molar-refractivity contribution is 0.378. The summed E-state index contributed by atoms with van der Waals surface area (Å²) in [5, 5.41) is 10.5. The Balaban J connectivity index is 3.08. The summed E-state index contributed by atoms with van der Waals surface area (Å²) in [5.74, 6) is -0.132. The topological polar surface area (TPSA) is 50.1 Å². The third-order valence-electron chi connectivity index (χ3n) is 0.998. The Morgan fingerprint density at radius 1 is 1.22 bits per heavy atom.